The molecule has 0 N–H and O–H groups in total. The summed E-state index contributed by atoms with van der Waals surface area (Å²) in [5.41, 5.74) is 1.01. The summed E-state index contributed by atoms with van der Waals surface area (Å²) in [7, 11) is 1.76. The predicted molar refractivity (Wildman–Crippen MR) is 124 cm³/mol. The van der Waals surface area contributed by atoms with E-state index in [1.54, 1.807) is 18.1 Å². The van der Waals surface area contributed by atoms with E-state index in [0.29, 0.717) is 12.8 Å². The summed E-state index contributed by atoms with van der Waals surface area (Å²) in [5.74, 6) is -0.588. The molecule has 1 heterocycles. The molecule has 0 bridgehead atoms. The number of aromatic nitrogens is 1. The molecule has 5 heteroatoms. The Hall–Kier alpha value is -1.88. The topological polar surface area (TPSA) is 67.3 Å². The fraction of sp³-hybridized carbons (Fsp3) is 0.680. The smallest absolute Gasteiger partial charge is 0.212 e. The van der Waals surface area contributed by atoms with Gasteiger partial charge in [-0.3, -0.25) is 24.3 Å². The molecule has 170 valence electrons. The molecule has 0 radical (unpaired) electrons. The second-order valence-electron chi connectivity index (χ2n) is 8.41. The molecule has 0 amide bonds. The van der Waals surface area contributed by atoms with E-state index in [1.165, 1.54) is 5.56 Å². The largest absolute Gasteiger partial charge is 0.298 e. The Labute approximate surface area is 183 Å². The highest BCUT2D eigenvalue weighted by molar-refractivity contribution is 6.38. The number of rotatable bonds is 14. The van der Waals surface area contributed by atoms with Crippen LogP contribution in [0.4, 0.5) is 0 Å². The van der Waals surface area contributed by atoms with Crippen molar-refractivity contribution in [2.75, 3.05) is 13.6 Å². The Morgan fingerprint density at radius 2 is 1.77 bits per heavy atom. The average Bonchev–Trinajstić information content (AvgIpc) is 2.73. The van der Waals surface area contributed by atoms with Gasteiger partial charge in [0, 0.05) is 25.2 Å². The lowest BCUT2D eigenvalue weighted by Crippen LogP contribution is -2.42. The third-order valence-corrected chi connectivity index (χ3v) is 5.45. The second kappa shape index (κ2) is 15.0. The summed E-state index contributed by atoms with van der Waals surface area (Å²) in [6.07, 6.45) is 8.50. The molecule has 0 saturated carbocycles. The van der Waals surface area contributed by atoms with Gasteiger partial charge in [-0.1, -0.05) is 54.0 Å². The van der Waals surface area contributed by atoms with Crippen molar-refractivity contribution in [1.29, 1.82) is 0 Å². The Bertz CT molecular complexity index is 641. The number of Topliss-reactive ketones (excluding diaryl/α,β-unsaturated/α-hetero) is 3. The maximum absolute atomic E-state index is 12.6. The Balaban J connectivity index is 0.00000407. The lowest BCUT2D eigenvalue weighted by molar-refractivity contribution is -0.139. The van der Waals surface area contributed by atoms with E-state index in [2.05, 4.69) is 4.98 Å². The van der Waals surface area contributed by atoms with Gasteiger partial charge in [-0.25, -0.2) is 0 Å². The lowest BCUT2D eigenvalue weighted by Gasteiger charge is -2.26. The number of hydrogen-bond acceptors (Lipinski definition) is 5. The second-order valence-corrected chi connectivity index (χ2v) is 8.41. The van der Waals surface area contributed by atoms with Crippen molar-refractivity contribution in [2.45, 2.75) is 92.5 Å². The van der Waals surface area contributed by atoms with Gasteiger partial charge in [-0.2, -0.15) is 0 Å². The maximum Gasteiger partial charge on any atom is 0.212 e. The van der Waals surface area contributed by atoms with Crippen molar-refractivity contribution in [1.82, 2.24) is 9.88 Å². The molecule has 1 aromatic heterocycles. The Kier molecular flexibility index (Phi) is 14.1. The van der Waals surface area contributed by atoms with Gasteiger partial charge >= 0.3 is 0 Å². The minimum atomic E-state index is -0.396. The van der Waals surface area contributed by atoms with E-state index in [9.17, 15) is 14.4 Å². The number of ketones is 3. The van der Waals surface area contributed by atoms with Gasteiger partial charge in [0.1, 0.15) is 5.78 Å². The molecule has 0 fully saturated rings. The van der Waals surface area contributed by atoms with Gasteiger partial charge in [0.05, 0.1) is 12.6 Å². The Morgan fingerprint density at radius 1 is 1.10 bits per heavy atom. The predicted octanol–water partition coefficient (Wildman–Crippen LogP) is 5.06. The van der Waals surface area contributed by atoms with Crippen LogP contribution in [-0.2, 0) is 20.8 Å². The molecule has 0 aliphatic rings. The summed E-state index contributed by atoms with van der Waals surface area (Å²) < 4.78 is 0. The highest BCUT2D eigenvalue weighted by Crippen LogP contribution is 2.24. The van der Waals surface area contributed by atoms with Gasteiger partial charge in [-0.15, -0.1) is 0 Å². The zero-order chi connectivity index (χ0) is 23.2. The molecule has 0 aliphatic heterocycles. The van der Waals surface area contributed by atoms with Crippen molar-refractivity contribution < 1.29 is 14.4 Å². The average molecular weight is 419 g/mol. The number of unbranched alkanes of at least 4 members (excludes halogenated alkanes) is 1. The number of nitrogens with zero attached hydrogens (tertiary/aromatic N) is 2. The van der Waals surface area contributed by atoms with Crippen molar-refractivity contribution in [3.63, 3.8) is 0 Å². The van der Waals surface area contributed by atoms with Gasteiger partial charge in [-0.05, 0) is 49.8 Å². The molecule has 0 saturated heterocycles. The number of aryl methyl sites for hydroxylation is 1. The van der Waals surface area contributed by atoms with Gasteiger partial charge < -0.3 is 0 Å². The van der Waals surface area contributed by atoms with Crippen LogP contribution < -0.4 is 0 Å². The molecule has 5 nitrogen and oxygen atoms in total. The molecule has 1 aromatic rings. The maximum atomic E-state index is 12.6. The van der Waals surface area contributed by atoms with Crippen molar-refractivity contribution in [2.24, 2.45) is 5.41 Å². The molecular formula is C25H42N2O3. The highest BCUT2D eigenvalue weighted by Gasteiger charge is 2.28. The van der Waals surface area contributed by atoms with E-state index in [1.807, 2.05) is 59.9 Å². The Morgan fingerprint density at radius 3 is 2.30 bits per heavy atom. The first kappa shape index (κ1) is 28.1. The fourth-order valence-electron chi connectivity index (χ4n) is 3.21. The summed E-state index contributed by atoms with van der Waals surface area (Å²) in [6.45, 7) is 12.0. The van der Waals surface area contributed by atoms with Gasteiger partial charge in [0.15, 0.2) is 5.78 Å². The molecule has 0 spiro atoms. The number of carbonyl (C=O) groups is 3. The van der Waals surface area contributed by atoms with Crippen LogP contribution in [0, 0.1) is 5.41 Å². The molecule has 1 rings (SSSR count). The normalized spacial score (nSPS) is 12.1. The first-order valence-corrected chi connectivity index (χ1v) is 11.4. The standard InChI is InChI=1S/C23H36N2O3.C2H6/c1-6-19(20(26)13-9-8-11-18-12-10-14-24-16-18)25(5)17-22(28)21(27)15-23(3,4)7-2;1-2/h10,12,14,16,19H,6-9,11,13,15,17H2,1-5H3;1-2H3. The number of pyridine rings is 1. The number of carbonyl (C=O) groups excluding carboxylic acids is 3. The summed E-state index contributed by atoms with van der Waals surface area (Å²) in [5, 5.41) is 0. The molecule has 1 unspecified atom stereocenters. The van der Waals surface area contributed by atoms with Gasteiger partial charge in [0.2, 0.25) is 5.78 Å². The molecule has 30 heavy (non-hydrogen) atoms. The zero-order valence-electron chi connectivity index (χ0n) is 20.2. The van der Waals surface area contributed by atoms with Crippen LogP contribution in [0.25, 0.3) is 0 Å². The molecule has 1 atom stereocenters. The zero-order valence-corrected chi connectivity index (χ0v) is 20.2. The number of likely N-dealkylation sites (N-methyl/N-ethyl adjacent to an activating group) is 1. The van der Waals surface area contributed by atoms with Crippen LogP contribution in [0.3, 0.4) is 0 Å². The van der Waals surface area contributed by atoms with E-state index in [-0.39, 0.29) is 36.0 Å². The third kappa shape index (κ3) is 10.8. The lowest BCUT2D eigenvalue weighted by atomic mass is 9.84. The summed E-state index contributed by atoms with van der Waals surface area (Å²) in [4.78, 5) is 43.0. The van der Waals surface area contributed by atoms with E-state index >= 15 is 0 Å². The van der Waals surface area contributed by atoms with Crippen LogP contribution in [-0.4, -0.2) is 46.9 Å². The van der Waals surface area contributed by atoms with Crippen LogP contribution in [0.15, 0.2) is 24.5 Å². The highest BCUT2D eigenvalue weighted by atomic mass is 16.2. The van der Waals surface area contributed by atoms with Crippen molar-refractivity contribution >= 4 is 17.3 Å². The summed E-state index contributed by atoms with van der Waals surface area (Å²) in [6, 6.07) is 3.65. The van der Waals surface area contributed by atoms with E-state index in [0.717, 1.165) is 25.7 Å². The monoisotopic (exact) mass is 418 g/mol. The fourth-order valence-corrected chi connectivity index (χ4v) is 3.21. The van der Waals surface area contributed by atoms with Crippen molar-refractivity contribution in [3.8, 4) is 0 Å². The van der Waals surface area contributed by atoms with Crippen LogP contribution in [0.5, 0.6) is 0 Å². The SMILES string of the molecule is CC.CCC(C(=O)CCCCc1cccnc1)N(C)CC(=O)C(=O)CC(C)(C)CC. The van der Waals surface area contributed by atoms with Gasteiger partial charge in [0.25, 0.3) is 0 Å². The number of hydrogen-bond donors (Lipinski definition) is 0. The van der Waals surface area contributed by atoms with Crippen LogP contribution in [0.2, 0.25) is 0 Å². The van der Waals surface area contributed by atoms with E-state index in [4.69, 9.17) is 0 Å². The summed E-state index contributed by atoms with van der Waals surface area (Å²) >= 11 is 0. The first-order chi connectivity index (χ1) is 14.2. The van der Waals surface area contributed by atoms with Crippen LogP contribution >= 0.6 is 0 Å². The molecule has 0 aliphatic carbocycles. The van der Waals surface area contributed by atoms with Crippen molar-refractivity contribution in [3.05, 3.63) is 30.1 Å². The molecule has 0 aromatic carbocycles. The minimum Gasteiger partial charge on any atom is -0.298 e. The third-order valence-electron chi connectivity index (χ3n) is 5.45. The first-order valence-electron chi connectivity index (χ1n) is 11.4. The quantitative estimate of drug-likeness (QED) is 0.312. The molecular weight excluding hydrogens is 376 g/mol. The minimum absolute atomic E-state index is 0.0125. The van der Waals surface area contributed by atoms with E-state index < -0.39 is 5.78 Å². The van der Waals surface area contributed by atoms with Crippen LogP contribution in [0.1, 0.15) is 85.6 Å².